The highest BCUT2D eigenvalue weighted by molar-refractivity contribution is 7.23. The molecular weight excluding hydrogens is 628 g/mol. The SMILES string of the molecule is N#Cc1c(N)sc2c(F)cnc(-c3c4c(c5c(N6C7CCC6CN(CCCO)C7)nc(OCCn6cccn6)nc5c3F)COC4)c12. The van der Waals surface area contributed by atoms with Gasteiger partial charge < -0.3 is 25.2 Å². The minimum atomic E-state index is -0.673. The number of pyridine rings is 1. The lowest BCUT2D eigenvalue weighted by Gasteiger charge is -2.42. The van der Waals surface area contributed by atoms with Crippen LogP contribution in [0.15, 0.2) is 24.7 Å². The lowest BCUT2D eigenvalue weighted by atomic mass is 9.93. The number of nitrogens with zero attached hydrogens (tertiary/aromatic N) is 8. The summed E-state index contributed by atoms with van der Waals surface area (Å²) in [5.74, 6) is -0.713. The van der Waals surface area contributed by atoms with Gasteiger partial charge in [-0.3, -0.25) is 14.6 Å². The molecule has 3 aliphatic heterocycles. The zero-order valence-corrected chi connectivity index (χ0v) is 26.1. The monoisotopic (exact) mass is 659 g/mol. The molecule has 242 valence electrons. The van der Waals surface area contributed by atoms with Crippen molar-refractivity contribution in [3.63, 3.8) is 0 Å². The summed E-state index contributed by atoms with van der Waals surface area (Å²) in [7, 11) is 0. The van der Waals surface area contributed by atoms with Gasteiger partial charge >= 0.3 is 6.01 Å². The Morgan fingerprint density at radius 2 is 1.94 bits per heavy atom. The standard InChI is InChI=1S/C32H31F2N9O3S/c33-22-12-37-27(24-19(11-35)30(36)47-29(22)24)23-20-15-45-16-21(20)25-28(26(23)34)39-32(46-10-8-42-7-1-5-38-42)40-31(25)43-17-3-4-18(43)14-41(13-17)6-2-9-44/h1,5,7,12,17-18,44H,2-4,6,8-10,13-16,36H2. The highest BCUT2D eigenvalue weighted by atomic mass is 32.1. The van der Waals surface area contributed by atoms with E-state index in [-0.39, 0.29) is 81.9 Å². The Kier molecular flexibility index (Phi) is 7.60. The number of likely N-dealkylation sites (tertiary alicyclic amines) is 1. The van der Waals surface area contributed by atoms with E-state index in [2.05, 4.69) is 30.9 Å². The molecule has 2 fully saturated rings. The van der Waals surface area contributed by atoms with Crippen molar-refractivity contribution in [3.05, 3.63) is 53.0 Å². The molecule has 3 N–H and O–H groups in total. The summed E-state index contributed by atoms with van der Waals surface area (Å²) in [6, 6.07) is 4.17. The minimum Gasteiger partial charge on any atom is -0.461 e. The lowest BCUT2D eigenvalue weighted by Crippen LogP contribution is -2.54. The maximum Gasteiger partial charge on any atom is 0.319 e. The first kappa shape index (κ1) is 29.9. The van der Waals surface area contributed by atoms with Gasteiger partial charge in [-0.25, -0.2) is 8.78 Å². The van der Waals surface area contributed by atoms with Crippen LogP contribution in [0.25, 0.3) is 32.2 Å². The maximum absolute atomic E-state index is 17.3. The number of nitrogen functional groups attached to an aromatic ring is 1. The van der Waals surface area contributed by atoms with E-state index in [9.17, 15) is 14.8 Å². The van der Waals surface area contributed by atoms with E-state index in [1.807, 2.05) is 12.3 Å². The third-order valence-corrected chi connectivity index (χ3v) is 10.4. The van der Waals surface area contributed by atoms with E-state index in [0.717, 1.165) is 55.6 Å². The molecule has 0 amide bonds. The summed E-state index contributed by atoms with van der Waals surface area (Å²) in [4.78, 5) is 18.6. The average molecular weight is 660 g/mol. The number of ether oxygens (including phenoxy) is 2. The second-order valence-electron chi connectivity index (χ2n) is 12.1. The normalized spacial score (nSPS) is 19.1. The number of benzene rings is 1. The highest BCUT2D eigenvalue weighted by Crippen LogP contribution is 2.48. The summed E-state index contributed by atoms with van der Waals surface area (Å²) in [6.45, 7) is 3.49. The van der Waals surface area contributed by atoms with Crippen LogP contribution in [0.3, 0.4) is 0 Å². The molecule has 0 aliphatic carbocycles. The van der Waals surface area contributed by atoms with Crippen LogP contribution in [0.5, 0.6) is 6.01 Å². The molecule has 2 atom stereocenters. The van der Waals surface area contributed by atoms with E-state index in [4.69, 9.17) is 20.2 Å². The molecule has 0 radical (unpaired) electrons. The van der Waals surface area contributed by atoms with E-state index in [1.54, 1.807) is 10.9 Å². The second-order valence-corrected chi connectivity index (χ2v) is 13.1. The van der Waals surface area contributed by atoms with Gasteiger partial charge in [0.2, 0.25) is 0 Å². The van der Waals surface area contributed by atoms with Crippen molar-refractivity contribution in [2.45, 2.75) is 51.1 Å². The topological polar surface area (TPSA) is 151 Å². The number of hydrogen-bond donors (Lipinski definition) is 2. The predicted molar refractivity (Wildman–Crippen MR) is 171 cm³/mol. The molecule has 0 spiro atoms. The van der Waals surface area contributed by atoms with Crippen molar-refractivity contribution < 1.29 is 23.4 Å². The summed E-state index contributed by atoms with van der Waals surface area (Å²) < 4.78 is 46.1. The van der Waals surface area contributed by atoms with Gasteiger partial charge in [-0.2, -0.15) is 20.3 Å². The van der Waals surface area contributed by atoms with Gasteiger partial charge in [0.1, 0.15) is 29.0 Å². The Balaban J connectivity index is 1.32. The summed E-state index contributed by atoms with van der Waals surface area (Å²) in [6.07, 6.45) is 7.14. The van der Waals surface area contributed by atoms with Crippen molar-refractivity contribution in [1.82, 2.24) is 29.6 Å². The number of nitriles is 1. The molecular formula is C32H31F2N9O3S. The number of anilines is 2. The molecule has 7 heterocycles. The first-order valence-corrected chi connectivity index (χ1v) is 16.4. The smallest absolute Gasteiger partial charge is 0.319 e. The Labute approximate surface area is 272 Å². The van der Waals surface area contributed by atoms with Crippen LogP contribution in [0.2, 0.25) is 0 Å². The Morgan fingerprint density at radius 3 is 2.68 bits per heavy atom. The minimum absolute atomic E-state index is 0.0279. The van der Waals surface area contributed by atoms with Crippen molar-refractivity contribution in [1.29, 1.82) is 5.26 Å². The average Bonchev–Trinajstić information content (AvgIpc) is 3.87. The van der Waals surface area contributed by atoms with Crippen molar-refractivity contribution in [2.24, 2.45) is 0 Å². The van der Waals surface area contributed by atoms with Gasteiger partial charge in [-0.15, -0.1) is 11.3 Å². The number of hydrogen-bond acceptors (Lipinski definition) is 12. The number of aromatic nitrogens is 5. The fourth-order valence-corrected chi connectivity index (χ4v) is 8.27. The van der Waals surface area contributed by atoms with Crippen LogP contribution in [-0.4, -0.2) is 79.7 Å². The Morgan fingerprint density at radius 1 is 1.13 bits per heavy atom. The number of piperazine rings is 1. The third-order valence-electron chi connectivity index (χ3n) is 9.35. The van der Waals surface area contributed by atoms with Crippen LogP contribution in [-0.2, 0) is 24.5 Å². The summed E-state index contributed by atoms with van der Waals surface area (Å²) in [5.41, 5.74) is 7.74. The molecule has 2 saturated heterocycles. The van der Waals surface area contributed by atoms with Crippen molar-refractivity contribution in [3.8, 4) is 23.3 Å². The number of rotatable bonds is 9. The van der Waals surface area contributed by atoms with Gasteiger partial charge in [0.25, 0.3) is 0 Å². The Hall–Kier alpha value is -4.49. The zero-order valence-electron chi connectivity index (χ0n) is 25.3. The van der Waals surface area contributed by atoms with Crippen LogP contribution in [0.1, 0.15) is 36.0 Å². The first-order chi connectivity index (χ1) is 23.0. The van der Waals surface area contributed by atoms with E-state index in [0.29, 0.717) is 29.7 Å². The molecule has 2 bridgehead atoms. The van der Waals surface area contributed by atoms with E-state index < -0.39 is 11.6 Å². The third kappa shape index (κ3) is 4.94. The van der Waals surface area contributed by atoms with Gasteiger partial charge in [0.05, 0.1) is 47.3 Å². The molecule has 12 nitrogen and oxygen atoms in total. The predicted octanol–water partition coefficient (Wildman–Crippen LogP) is 3.98. The number of aliphatic hydroxyl groups excluding tert-OH is 1. The maximum atomic E-state index is 17.3. The summed E-state index contributed by atoms with van der Waals surface area (Å²) >= 11 is 0.935. The summed E-state index contributed by atoms with van der Waals surface area (Å²) in [5, 5.41) is 24.4. The molecule has 47 heavy (non-hydrogen) atoms. The Bertz CT molecular complexity index is 2030. The van der Waals surface area contributed by atoms with Crippen LogP contribution < -0.4 is 15.4 Å². The first-order valence-electron chi connectivity index (χ1n) is 15.6. The molecule has 15 heteroatoms. The number of thiophene rings is 1. The zero-order chi connectivity index (χ0) is 32.2. The van der Waals surface area contributed by atoms with Crippen LogP contribution >= 0.6 is 11.3 Å². The van der Waals surface area contributed by atoms with Gasteiger partial charge in [-0.1, -0.05) is 0 Å². The number of nitrogens with two attached hydrogens (primary N) is 1. The van der Waals surface area contributed by atoms with Crippen molar-refractivity contribution >= 4 is 43.1 Å². The molecule has 1 aromatic carbocycles. The van der Waals surface area contributed by atoms with Gasteiger partial charge in [0.15, 0.2) is 11.6 Å². The number of aliphatic hydroxyl groups is 1. The fourth-order valence-electron chi connectivity index (χ4n) is 7.35. The molecule has 8 rings (SSSR count). The quantitative estimate of drug-likeness (QED) is 0.236. The lowest BCUT2D eigenvalue weighted by molar-refractivity contribution is 0.135. The fraction of sp³-hybridized carbons (Fsp3) is 0.406. The largest absolute Gasteiger partial charge is 0.461 e. The van der Waals surface area contributed by atoms with E-state index >= 15 is 4.39 Å². The van der Waals surface area contributed by atoms with Crippen LogP contribution in [0.4, 0.5) is 19.6 Å². The van der Waals surface area contributed by atoms with E-state index in [1.165, 1.54) is 0 Å². The number of halogens is 2. The molecule has 2 unspecified atom stereocenters. The molecule has 0 saturated carbocycles. The van der Waals surface area contributed by atoms with Gasteiger partial charge in [-0.05, 0) is 36.5 Å². The highest BCUT2D eigenvalue weighted by Gasteiger charge is 2.43. The van der Waals surface area contributed by atoms with Crippen LogP contribution in [0, 0.1) is 23.0 Å². The molecule has 3 aliphatic rings. The second kappa shape index (κ2) is 11.9. The molecule has 4 aromatic heterocycles. The molecule has 5 aromatic rings. The number of fused-ring (bicyclic) bond motifs is 6. The van der Waals surface area contributed by atoms with Crippen molar-refractivity contribution in [2.75, 3.05) is 43.5 Å². The van der Waals surface area contributed by atoms with Gasteiger partial charge in [0, 0.05) is 61.7 Å².